The summed E-state index contributed by atoms with van der Waals surface area (Å²) in [6, 6.07) is 0. The second kappa shape index (κ2) is 6.51. The van der Waals surface area contributed by atoms with Crippen LogP contribution in [0.1, 0.15) is 26.2 Å². The van der Waals surface area contributed by atoms with Crippen LogP contribution < -0.4 is 10.6 Å². The molecular formula is C10H18BrClN2O. The lowest BCUT2D eigenvalue weighted by Crippen LogP contribution is -2.57. The number of carbonyl (C=O) groups is 1. The summed E-state index contributed by atoms with van der Waals surface area (Å²) in [5.41, 5.74) is -0.388. The zero-order valence-electron chi connectivity index (χ0n) is 8.94. The number of hydrogen-bond acceptors (Lipinski definition) is 2. The number of piperidine rings is 1. The fraction of sp³-hybridized carbons (Fsp3) is 0.700. The van der Waals surface area contributed by atoms with E-state index in [1.807, 2.05) is 6.92 Å². The quantitative estimate of drug-likeness (QED) is 0.836. The van der Waals surface area contributed by atoms with Crippen LogP contribution in [0.5, 0.6) is 0 Å². The van der Waals surface area contributed by atoms with Gasteiger partial charge in [-0.2, -0.15) is 0 Å². The molecule has 1 aliphatic rings. The number of rotatable bonds is 3. The highest BCUT2D eigenvalue weighted by atomic mass is 79.9. The lowest BCUT2D eigenvalue weighted by atomic mass is 9.90. The van der Waals surface area contributed by atoms with Crippen LogP contribution in [0.25, 0.3) is 0 Å². The van der Waals surface area contributed by atoms with Gasteiger partial charge in [-0.15, -0.1) is 12.4 Å². The summed E-state index contributed by atoms with van der Waals surface area (Å²) in [4.78, 5) is 11.8. The van der Waals surface area contributed by atoms with Crippen LogP contribution in [-0.4, -0.2) is 24.5 Å². The average molecular weight is 298 g/mol. The molecule has 1 fully saturated rings. The maximum Gasteiger partial charge on any atom is 0.240 e. The normalized spacial score (nSPS) is 25.2. The van der Waals surface area contributed by atoms with E-state index < -0.39 is 0 Å². The molecule has 88 valence electrons. The monoisotopic (exact) mass is 296 g/mol. The summed E-state index contributed by atoms with van der Waals surface area (Å²) in [6.07, 6.45) is 3.19. The minimum Gasteiger partial charge on any atom is -0.350 e. The van der Waals surface area contributed by atoms with E-state index in [0.29, 0.717) is 6.54 Å². The van der Waals surface area contributed by atoms with E-state index in [9.17, 15) is 4.79 Å². The minimum absolute atomic E-state index is 0. The number of hydrogen-bond donors (Lipinski definition) is 2. The SMILES string of the molecule is C=C(Br)CNC(=O)C1(C)CCCCN1.Cl. The van der Waals surface area contributed by atoms with Crippen molar-refractivity contribution < 1.29 is 4.79 Å². The summed E-state index contributed by atoms with van der Waals surface area (Å²) in [5.74, 6) is 0.0674. The highest BCUT2D eigenvalue weighted by molar-refractivity contribution is 9.11. The molecule has 1 saturated heterocycles. The van der Waals surface area contributed by atoms with Gasteiger partial charge in [0.15, 0.2) is 0 Å². The van der Waals surface area contributed by atoms with Crippen molar-refractivity contribution >= 4 is 34.2 Å². The summed E-state index contributed by atoms with van der Waals surface area (Å²) in [6.45, 7) is 7.06. The molecule has 0 spiro atoms. The molecular weight excluding hydrogens is 279 g/mol. The first-order valence-electron chi connectivity index (χ1n) is 4.91. The van der Waals surface area contributed by atoms with Crippen molar-refractivity contribution in [1.82, 2.24) is 10.6 Å². The van der Waals surface area contributed by atoms with E-state index in [4.69, 9.17) is 0 Å². The zero-order valence-corrected chi connectivity index (χ0v) is 11.3. The summed E-state index contributed by atoms with van der Waals surface area (Å²) in [5, 5.41) is 6.11. The van der Waals surface area contributed by atoms with Gasteiger partial charge in [-0.1, -0.05) is 22.5 Å². The molecule has 0 aromatic heterocycles. The molecule has 0 aromatic carbocycles. The Kier molecular flexibility index (Phi) is 6.48. The minimum atomic E-state index is -0.388. The topological polar surface area (TPSA) is 41.1 Å². The molecule has 1 heterocycles. The maximum absolute atomic E-state index is 11.8. The standard InChI is InChI=1S/C10H17BrN2O.ClH/c1-8(11)7-12-9(14)10(2)5-3-4-6-13-10;/h13H,1,3-7H2,2H3,(H,12,14);1H. The van der Waals surface area contributed by atoms with E-state index in [-0.39, 0.29) is 23.9 Å². The molecule has 1 rings (SSSR count). The molecule has 0 bridgehead atoms. The average Bonchev–Trinajstić information content (AvgIpc) is 2.15. The van der Waals surface area contributed by atoms with Gasteiger partial charge in [0.2, 0.25) is 5.91 Å². The van der Waals surface area contributed by atoms with Gasteiger partial charge in [-0.3, -0.25) is 4.79 Å². The van der Waals surface area contributed by atoms with Crippen LogP contribution in [0.3, 0.4) is 0 Å². The summed E-state index contributed by atoms with van der Waals surface area (Å²) >= 11 is 3.21. The Morgan fingerprint density at radius 1 is 1.60 bits per heavy atom. The fourth-order valence-corrected chi connectivity index (χ4v) is 1.76. The Morgan fingerprint density at radius 3 is 2.73 bits per heavy atom. The van der Waals surface area contributed by atoms with E-state index in [1.54, 1.807) is 0 Å². The molecule has 0 aliphatic carbocycles. The molecule has 0 saturated carbocycles. The fourth-order valence-electron chi connectivity index (χ4n) is 1.62. The van der Waals surface area contributed by atoms with Crippen LogP contribution in [0.15, 0.2) is 11.1 Å². The van der Waals surface area contributed by atoms with Gasteiger partial charge < -0.3 is 10.6 Å². The van der Waals surface area contributed by atoms with Gasteiger partial charge in [0, 0.05) is 11.0 Å². The van der Waals surface area contributed by atoms with Crippen LogP contribution in [0, 0.1) is 0 Å². The molecule has 3 nitrogen and oxygen atoms in total. The third-order valence-corrected chi connectivity index (χ3v) is 2.84. The van der Waals surface area contributed by atoms with E-state index in [0.717, 1.165) is 30.3 Å². The van der Waals surface area contributed by atoms with Crippen molar-refractivity contribution in [3.05, 3.63) is 11.1 Å². The van der Waals surface area contributed by atoms with Crippen molar-refractivity contribution in [3.63, 3.8) is 0 Å². The van der Waals surface area contributed by atoms with Crippen LogP contribution in [0.4, 0.5) is 0 Å². The van der Waals surface area contributed by atoms with Crippen molar-refractivity contribution in [2.24, 2.45) is 0 Å². The smallest absolute Gasteiger partial charge is 0.240 e. The molecule has 2 N–H and O–H groups in total. The molecule has 1 amide bonds. The number of nitrogens with one attached hydrogen (secondary N) is 2. The Labute approximate surface area is 106 Å². The highest BCUT2D eigenvalue weighted by Gasteiger charge is 2.33. The van der Waals surface area contributed by atoms with Crippen LogP contribution in [0.2, 0.25) is 0 Å². The number of carbonyl (C=O) groups excluding carboxylic acids is 1. The van der Waals surface area contributed by atoms with E-state index in [2.05, 4.69) is 33.1 Å². The van der Waals surface area contributed by atoms with E-state index >= 15 is 0 Å². The first kappa shape index (κ1) is 14.9. The third-order valence-electron chi connectivity index (χ3n) is 2.56. The second-order valence-electron chi connectivity index (χ2n) is 3.92. The molecule has 1 atom stereocenters. The molecule has 5 heteroatoms. The van der Waals surface area contributed by atoms with Crippen LogP contribution in [-0.2, 0) is 4.79 Å². The molecule has 15 heavy (non-hydrogen) atoms. The van der Waals surface area contributed by atoms with E-state index in [1.165, 1.54) is 0 Å². The lowest BCUT2D eigenvalue weighted by molar-refractivity contribution is -0.127. The predicted molar refractivity (Wildman–Crippen MR) is 68.6 cm³/mol. The first-order chi connectivity index (χ1) is 6.54. The highest BCUT2D eigenvalue weighted by Crippen LogP contribution is 2.18. The largest absolute Gasteiger partial charge is 0.350 e. The maximum atomic E-state index is 11.8. The summed E-state index contributed by atoms with van der Waals surface area (Å²) < 4.78 is 0.797. The number of halogens is 2. The lowest BCUT2D eigenvalue weighted by Gasteiger charge is -2.33. The second-order valence-corrected chi connectivity index (χ2v) is 5.04. The molecule has 0 aromatic rings. The molecule has 1 unspecified atom stereocenters. The summed E-state index contributed by atoms with van der Waals surface area (Å²) in [7, 11) is 0. The van der Waals surface area contributed by atoms with Crippen molar-refractivity contribution in [3.8, 4) is 0 Å². The van der Waals surface area contributed by atoms with Gasteiger partial charge in [0.05, 0.1) is 5.54 Å². The Bertz CT molecular complexity index is 240. The Morgan fingerprint density at radius 2 is 2.27 bits per heavy atom. The van der Waals surface area contributed by atoms with Gasteiger partial charge in [-0.05, 0) is 32.7 Å². The van der Waals surface area contributed by atoms with Crippen molar-refractivity contribution in [2.45, 2.75) is 31.7 Å². The first-order valence-corrected chi connectivity index (χ1v) is 5.70. The predicted octanol–water partition coefficient (Wildman–Crippen LogP) is 1.97. The van der Waals surface area contributed by atoms with Gasteiger partial charge >= 0.3 is 0 Å². The Hall–Kier alpha value is -0.0600. The van der Waals surface area contributed by atoms with Crippen LogP contribution >= 0.6 is 28.3 Å². The number of amides is 1. The molecule has 1 aliphatic heterocycles. The van der Waals surface area contributed by atoms with Gasteiger partial charge in [0.25, 0.3) is 0 Å². The van der Waals surface area contributed by atoms with Gasteiger partial charge in [-0.25, -0.2) is 0 Å². The zero-order chi connectivity index (χ0) is 10.6. The van der Waals surface area contributed by atoms with Crippen molar-refractivity contribution in [1.29, 1.82) is 0 Å². The van der Waals surface area contributed by atoms with Gasteiger partial charge in [0.1, 0.15) is 0 Å². The Balaban J connectivity index is 0.00000196. The van der Waals surface area contributed by atoms with Crippen molar-refractivity contribution in [2.75, 3.05) is 13.1 Å². The third kappa shape index (κ3) is 4.53. The molecule has 0 radical (unpaired) electrons.